The molecule has 2 atom stereocenters. The number of carbonyl (C=O) groups is 1. The highest BCUT2D eigenvalue weighted by atomic mass is 16.1. The van der Waals surface area contributed by atoms with Gasteiger partial charge in [0.2, 0.25) is 0 Å². The van der Waals surface area contributed by atoms with Gasteiger partial charge >= 0.3 is 0 Å². The number of benzene rings is 3. The average Bonchev–Trinajstić information content (AvgIpc) is 3.45. The van der Waals surface area contributed by atoms with E-state index in [1.165, 1.54) is 16.7 Å². The second-order valence-corrected chi connectivity index (χ2v) is 7.94. The Kier molecular flexibility index (Phi) is 5.40. The van der Waals surface area contributed by atoms with Crippen molar-refractivity contribution in [3.63, 3.8) is 0 Å². The van der Waals surface area contributed by atoms with Crippen LogP contribution in [0.15, 0.2) is 91.0 Å². The third-order valence-electron chi connectivity index (χ3n) is 6.00. The van der Waals surface area contributed by atoms with Gasteiger partial charge in [0.05, 0.1) is 5.41 Å². The third kappa shape index (κ3) is 3.93. The fraction of sp³-hybridized carbons (Fsp3) is 0.269. The molecular weight excluding hydrogens is 342 g/mol. The molecule has 0 heterocycles. The molecule has 2 nitrogen and oxygen atoms in total. The van der Waals surface area contributed by atoms with Gasteiger partial charge in [0.25, 0.3) is 0 Å². The quantitative estimate of drug-likeness (QED) is 0.541. The lowest BCUT2D eigenvalue weighted by molar-refractivity contribution is -0.119. The summed E-state index contributed by atoms with van der Waals surface area (Å²) in [6.45, 7) is 4.48. The summed E-state index contributed by atoms with van der Waals surface area (Å²) in [7, 11) is 0. The van der Waals surface area contributed by atoms with E-state index in [0.29, 0.717) is 11.7 Å². The summed E-state index contributed by atoms with van der Waals surface area (Å²) in [6, 6.07) is 31.5. The first-order valence-electron chi connectivity index (χ1n) is 10.1. The number of rotatable bonds is 8. The summed E-state index contributed by atoms with van der Waals surface area (Å²) in [5.74, 6) is 0.669. The maximum absolute atomic E-state index is 12.6. The highest BCUT2D eigenvalue weighted by Crippen LogP contribution is 2.55. The van der Waals surface area contributed by atoms with Crippen LogP contribution >= 0.6 is 0 Å². The molecule has 4 rings (SSSR count). The van der Waals surface area contributed by atoms with E-state index in [0.717, 1.165) is 26.1 Å². The summed E-state index contributed by atoms with van der Waals surface area (Å²) in [4.78, 5) is 15.1. The zero-order valence-electron chi connectivity index (χ0n) is 16.4. The molecule has 1 saturated carbocycles. The molecule has 0 aromatic heterocycles. The minimum atomic E-state index is -0.299. The van der Waals surface area contributed by atoms with Crippen molar-refractivity contribution in [2.75, 3.05) is 6.54 Å². The number of Topliss-reactive ketones (excluding diaryl/α,β-unsaturated/α-hetero) is 1. The first-order chi connectivity index (χ1) is 13.7. The summed E-state index contributed by atoms with van der Waals surface area (Å²) >= 11 is 0. The lowest BCUT2D eigenvalue weighted by atomic mass is 9.89. The van der Waals surface area contributed by atoms with Crippen LogP contribution < -0.4 is 0 Å². The van der Waals surface area contributed by atoms with Gasteiger partial charge in [0, 0.05) is 19.6 Å². The highest BCUT2D eigenvalue weighted by Gasteiger charge is 2.58. The molecule has 0 N–H and O–H groups in total. The molecule has 28 heavy (non-hydrogen) atoms. The number of hydrogen-bond acceptors (Lipinski definition) is 2. The van der Waals surface area contributed by atoms with Crippen LogP contribution in [0.25, 0.3) is 0 Å². The lowest BCUT2D eigenvalue weighted by Crippen LogP contribution is -2.30. The average molecular weight is 370 g/mol. The topological polar surface area (TPSA) is 20.3 Å². The van der Waals surface area contributed by atoms with E-state index in [1.807, 2.05) is 18.2 Å². The molecule has 0 amide bonds. The smallest absolute Gasteiger partial charge is 0.140 e. The fourth-order valence-electron chi connectivity index (χ4n) is 4.45. The largest absolute Gasteiger partial charge is 0.299 e. The molecule has 3 aromatic carbocycles. The Labute approximate surface area is 167 Å². The second-order valence-electron chi connectivity index (χ2n) is 7.94. The Morgan fingerprint density at radius 2 is 1.29 bits per heavy atom. The predicted octanol–water partition coefficient (Wildman–Crippen LogP) is 5.24. The Morgan fingerprint density at radius 1 is 0.821 bits per heavy atom. The summed E-state index contributed by atoms with van der Waals surface area (Å²) < 4.78 is 0. The molecule has 0 radical (unpaired) electrons. The summed E-state index contributed by atoms with van der Waals surface area (Å²) in [6.07, 6.45) is 0.951. The Balaban J connectivity index is 1.54. The number of carbonyl (C=O) groups excluding carboxylic acids is 1. The van der Waals surface area contributed by atoms with Crippen molar-refractivity contribution in [1.82, 2.24) is 4.90 Å². The van der Waals surface area contributed by atoms with E-state index >= 15 is 0 Å². The predicted molar refractivity (Wildman–Crippen MR) is 114 cm³/mol. The molecule has 0 aliphatic heterocycles. The van der Waals surface area contributed by atoms with Crippen molar-refractivity contribution in [3.05, 3.63) is 108 Å². The van der Waals surface area contributed by atoms with Crippen LogP contribution in [0.3, 0.4) is 0 Å². The minimum absolute atomic E-state index is 0.295. The number of hydrogen-bond donors (Lipinski definition) is 0. The minimum Gasteiger partial charge on any atom is -0.299 e. The monoisotopic (exact) mass is 369 g/mol. The second kappa shape index (κ2) is 8.12. The van der Waals surface area contributed by atoms with Crippen molar-refractivity contribution >= 4 is 5.78 Å². The zero-order chi connectivity index (χ0) is 19.4. The van der Waals surface area contributed by atoms with Gasteiger partial charge < -0.3 is 0 Å². The zero-order valence-corrected chi connectivity index (χ0v) is 16.4. The van der Waals surface area contributed by atoms with Gasteiger partial charge in [-0.2, -0.15) is 0 Å². The van der Waals surface area contributed by atoms with Crippen molar-refractivity contribution in [2.24, 2.45) is 5.92 Å². The van der Waals surface area contributed by atoms with E-state index in [4.69, 9.17) is 0 Å². The fourth-order valence-corrected chi connectivity index (χ4v) is 4.45. The van der Waals surface area contributed by atoms with E-state index in [2.05, 4.69) is 77.7 Å². The van der Waals surface area contributed by atoms with Crippen molar-refractivity contribution in [1.29, 1.82) is 0 Å². The van der Waals surface area contributed by atoms with Crippen molar-refractivity contribution < 1.29 is 4.79 Å². The molecule has 0 saturated heterocycles. The third-order valence-corrected chi connectivity index (χ3v) is 6.00. The van der Waals surface area contributed by atoms with Gasteiger partial charge in [-0.25, -0.2) is 0 Å². The van der Waals surface area contributed by atoms with Crippen LogP contribution in [0.4, 0.5) is 0 Å². The van der Waals surface area contributed by atoms with Gasteiger partial charge in [-0.3, -0.25) is 9.69 Å². The van der Waals surface area contributed by atoms with Gasteiger partial charge in [-0.05, 0) is 36.0 Å². The van der Waals surface area contributed by atoms with Crippen LogP contribution in [-0.2, 0) is 23.3 Å². The molecule has 0 spiro atoms. The Morgan fingerprint density at radius 3 is 1.75 bits per heavy atom. The molecule has 0 bridgehead atoms. The van der Waals surface area contributed by atoms with Crippen LogP contribution in [0.1, 0.15) is 30.0 Å². The normalized spacial score (nSPS) is 20.9. The van der Waals surface area contributed by atoms with E-state index in [1.54, 1.807) is 6.92 Å². The van der Waals surface area contributed by atoms with E-state index in [9.17, 15) is 4.79 Å². The lowest BCUT2D eigenvalue weighted by Gasteiger charge is -2.24. The van der Waals surface area contributed by atoms with Crippen LogP contribution in [0.2, 0.25) is 0 Å². The van der Waals surface area contributed by atoms with Crippen LogP contribution in [0.5, 0.6) is 0 Å². The molecule has 3 aromatic rings. The maximum Gasteiger partial charge on any atom is 0.140 e. The molecule has 1 fully saturated rings. The van der Waals surface area contributed by atoms with Crippen molar-refractivity contribution in [3.8, 4) is 0 Å². The summed E-state index contributed by atoms with van der Waals surface area (Å²) in [5.41, 5.74) is 3.50. The van der Waals surface area contributed by atoms with Crippen molar-refractivity contribution in [2.45, 2.75) is 31.8 Å². The van der Waals surface area contributed by atoms with Crippen LogP contribution in [0, 0.1) is 5.92 Å². The molecule has 142 valence electrons. The van der Waals surface area contributed by atoms with Gasteiger partial charge in [-0.15, -0.1) is 0 Å². The Hall–Kier alpha value is -2.71. The first kappa shape index (κ1) is 18.6. The maximum atomic E-state index is 12.6. The number of ketones is 1. The van der Waals surface area contributed by atoms with Gasteiger partial charge in [0.1, 0.15) is 5.78 Å². The van der Waals surface area contributed by atoms with E-state index < -0.39 is 0 Å². The van der Waals surface area contributed by atoms with Gasteiger partial charge in [-0.1, -0.05) is 91.0 Å². The SMILES string of the molecule is CC(=O)[C@@]1(c2ccccc2)C[C@H]1CN(Cc1ccccc1)Cc1ccccc1. The Bertz CT molecular complexity index is 865. The molecule has 1 aliphatic carbocycles. The van der Waals surface area contributed by atoms with Gasteiger partial charge in [0.15, 0.2) is 0 Å². The molecule has 1 aliphatic rings. The first-order valence-corrected chi connectivity index (χ1v) is 10.1. The number of nitrogens with zero attached hydrogens (tertiary/aromatic N) is 1. The molecule has 2 heteroatoms. The highest BCUT2D eigenvalue weighted by molar-refractivity contribution is 5.92. The standard InChI is InChI=1S/C26H27NO/c1-21(28)26(24-15-9-4-10-16-24)17-25(26)20-27(18-22-11-5-2-6-12-22)19-23-13-7-3-8-14-23/h2-16,25H,17-20H2,1H3/t25-,26+/m0/s1. The molecular formula is C26H27NO. The summed E-state index contributed by atoms with van der Waals surface area (Å²) in [5, 5.41) is 0. The molecule has 0 unspecified atom stereocenters. The van der Waals surface area contributed by atoms with E-state index in [-0.39, 0.29) is 5.41 Å². The van der Waals surface area contributed by atoms with Crippen LogP contribution in [-0.4, -0.2) is 17.2 Å².